The fraction of sp³-hybridized carbons (Fsp3) is 0.353. The Morgan fingerprint density at radius 3 is 2.89 bits per heavy atom. The average molecular weight is 238 g/mol. The summed E-state index contributed by atoms with van der Waals surface area (Å²) in [6, 6.07) is 8.26. The molecule has 0 radical (unpaired) electrons. The highest BCUT2D eigenvalue weighted by atomic mass is 16.1. The normalized spacial score (nSPS) is 26.1. The molecule has 1 heteroatoms. The summed E-state index contributed by atoms with van der Waals surface area (Å²) in [6.07, 6.45) is 9.34. The van der Waals surface area contributed by atoms with E-state index in [2.05, 4.69) is 37.3 Å². The van der Waals surface area contributed by atoms with E-state index in [0.29, 0.717) is 18.1 Å². The maximum absolute atomic E-state index is 12.1. The number of carbonyl (C=O) groups is 1. The fourth-order valence-corrected chi connectivity index (χ4v) is 2.90. The molecule has 2 atom stereocenters. The lowest BCUT2D eigenvalue weighted by Crippen LogP contribution is -2.08. The van der Waals surface area contributed by atoms with E-state index in [1.165, 1.54) is 16.7 Å². The minimum atomic E-state index is 0.0884. The first-order valence-corrected chi connectivity index (χ1v) is 6.72. The summed E-state index contributed by atoms with van der Waals surface area (Å²) in [5.74, 6) is 1.11. The molecule has 2 unspecified atom stereocenters. The number of fused-ring (bicyclic) bond motifs is 1. The first-order chi connectivity index (χ1) is 8.74. The molecule has 0 heterocycles. The summed E-state index contributed by atoms with van der Waals surface area (Å²) in [4.78, 5) is 12.1. The topological polar surface area (TPSA) is 17.1 Å². The SMILES string of the molecule is CC1C=CC(CC2C(=O)Cc3ccccc32)=CC1. The zero-order valence-electron chi connectivity index (χ0n) is 10.7. The van der Waals surface area contributed by atoms with Crippen molar-refractivity contribution in [2.75, 3.05) is 0 Å². The standard InChI is InChI=1S/C17H18O/c1-12-6-8-13(9-7-12)10-16-15-5-3-2-4-14(15)11-17(16)18/h2-6,8-9,12,16H,7,10-11H2,1H3. The van der Waals surface area contributed by atoms with Crippen LogP contribution in [-0.4, -0.2) is 5.78 Å². The van der Waals surface area contributed by atoms with Gasteiger partial charge in [-0.25, -0.2) is 0 Å². The summed E-state index contributed by atoms with van der Waals surface area (Å²) >= 11 is 0. The van der Waals surface area contributed by atoms with Crippen LogP contribution in [0.3, 0.4) is 0 Å². The third-order valence-electron chi connectivity index (χ3n) is 4.01. The number of carbonyl (C=O) groups excluding carboxylic acids is 1. The molecule has 1 aromatic carbocycles. The van der Waals surface area contributed by atoms with Crippen LogP contribution >= 0.6 is 0 Å². The molecule has 0 N–H and O–H groups in total. The van der Waals surface area contributed by atoms with Crippen molar-refractivity contribution in [2.24, 2.45) is 5.92 Å². The highest BCUT2D eigenvalue weighted by molar-refractivity contribution is 5.92. The number of rotatable bonds is 2. The maximum atomic E-state index is 12.1. The Labute approximate surface area is 108 Å². The van der Waals surface area contributed by atoms with Crippen LogP contribution < -0.4 is 0 Å². The second-order valence-corrected chi connectivity index (χ2v) is 5.45. The number of hydrogen-bond acceptors (Lipinski definition) is 1. The molecule has 2 aliphatic carbocycles. The molecule has 18 heavy (non-hydrogen) atoms. The van der Waals surface area contributed by atoms with Crippen molar-refractivity contribution < 1.29 is 4.79 Å². The third kappa shape index (κ3) is 2.05. The van der Waals surface area contributed by atoms with Gasteiger partial charge in [0.2, 0.25) is 0 Å². The quantitative estimate of drug-likeness (QED) is 0.765. The lowest BCUT2D eigenvalue weighted by molar-refractivity contribution is -0.119. The minimum Gasteiger partial charge on any atom is -0.299 e. The van der Waals surface area contributed by atoms with Gasteiger partial charge in [-0.2, -0.15) is 0 Å². The van der Waals surface area contributed by atoms with E-state index in [9.17, 15) is 4.79 Å². The van der Waals surface area contributed by atoms with Gasteiger partial charge >= 0.3 is 0 Å². The molecule has 1 nitrogen and oxygen atoms in total. The van der Waals surface area contributed by atoms with Gasteiger partial charge in [-0.3, -0.25) is 4.79 Å². The summed E-state index contributed by atoms with van der Waals surface area (Å²) in [5.41, 5.74) is 3.79. The minimum absolute atomic E-state index is 0.0884. The Hall–Kier alpha value is -1.63. The highest BCUT2D eigenvalue weighted by Crippen LogP contribution is 2.35. The monoisotopic (exact) mass is 238 g/mol. The van der Waals surface area contributed by atoms with Crippen LogP contribution in [0.5, 0.6) is 0 Å². The van der Waals surface area contributed by atoms with Gasteiger partial charge in [-0.1, -0.05) is 55.0 Å². The van der Waals surface area contributed by atoms with Gasteiger partial charge < -0.3 is 0 Å². The van der Waals surface area contributed by atoms with Gasteiger partial charge in [0.1, 0.15) is 5.78 Å². The first kappa shape index (κ1) is 11.5. The van der Waals surface area contributed by atoms with Crippen molar-refractivity contribution in [2.45, 2.75) is 32.1 Å². The smallest absolute Gasteiger partial charge is 0.145 e. The molecular formula is C17H18O. The predicted molar refractivity (Wildman–Crippen MR) is 73.5 cm³/mol. The van der Waals surface area contributed by atoms with Crippen LogP contribution in [0.2, 0.25) is 0 Å². The van der Waals surface area contributed by atoms with Crippen molar-refractivity contribution in [1.82, 2.24) is 0 Å². The molecule has 2 aliphatic rings. The lowest BCUT2D eigenvalue weighted by atomic mass is 9.89. The van der Waals surface area contributed by atoms with E-state index in [1.54, 1.807) is 0 Å². The number of hydrogen-bond donors (Lipinski definition) is 0. The van der Waals surface area contributed by atoms with Crippen LogP contribution in [-0.2, 0) is 11.2 Å². The van der Waals surface area contributed by atoms with Gasteiger partial charge in [0.15, 0.2) is 0 Å². The van der Waals surface area contributed by atoms with E-state index in [0.717, 1.165) is 12.8 Å². The Balaban J connectivity index is 1.82. The number of benzene rings is 1. The maximum Gasteiger partial charge on any atom is 0.145 e. The molecular weight excluding hydrogens is 220 g/mol. The van der Waals surface area contributed by atoms with Crippen molar-refractivity contribution in [3.63, 3.8) is 0 Å². The lowest BCUT2D eigenvalue weighted by Gasteiger charge is -2.15. The van der Waals surface area contributed by atoms with E-state index in [4.69, 9.17) is 0 Å². The highest BCUT2D eigenvalue weighted by Gasteiger charge is 2.30. The molecule has 0 aliphatic heterocycles. The first-order valence-electron chi connectivity index (χ1n) is 6.72. The van der Waals surface area contributed by atoms with Crippen molar-refractivity contribution >= 4 is 5.78 Å². The Kier molecular flexibility index (Phi) is 2.91. The molecule has 0 saturated carbocycles. The summed E-state index contributed by atoms with van der Waals surface area (Å²) in [6.45, 7) is 2.22. The van der Waals surface area contributed by atoms with Gasteiger partial charge in [-0.05, 0) is 29.9 Å². The molecule has 3 rings (SSSR count). The van der Waals surface area contributed by atoms with Gasteiger partial charge in [-0.15, -0.1) is 0 Å². The third-order valence-corrected chi connectivity index (χ3v) is 4.01. The van der Waals surface area contributed by atoms with Crippen LogP contribution in [0.25, 0.3) is 0 Å². The predicted octanol–water partition coefficient (Wildman–Crippen LogP) is 3.81. The van der Waals surface area contributed by atoms with Crippen LogP contribution in [0, 0.1) is 5.92 Å². The Morgan fingerprint density at radius 2 is 2.11 bits per heavy atom. The Bertz CT molecular complexity index is 536. The summed E-state index contributed by atoms with van der Waals surface area (Å²) in [5, 5.41) is 0. The van der Waals surface area contributed by atoms with Gasteiger partial charge in [0, 0.05) is 12.3 Å². The molecule has 0 amide bonds. The van der Waals surface area contributed by atoms with E-state index in [-0.39, 0.29) is 5.92 Å². The van der Waals surface area contributed by atoms with E-state index in [1.807, 2.05) is 12.1 Å². The molecule has 0 aromatic heterocycles. The molecule has 0 saturated heterocycles. The fourth-order valence-electron chi connectivity index (χ4n) is 2.90. The number of ketones is 1. The summed E-state index contributed by atoms with van der Waals surface area (Å²) < 4.78 is 0. The van der Waals surface area contributed by atoms with E-state index >= 15 is 0 Å². The molecule has 0 bridgehead atoms. The zero-order chi connectivity index (χ0) is 12.5. The van der Waals surface area contributed by atoms with Crippen LogP contribution in [0.1, 0.15) is 36.8 Å². The molecule has 0 fully saturated rings. The second kappa shape index (κ2) is 4.56. The Morgan fingerprint density at radius 1 is 1.28 bits per heavy atom. The second-order valence-electron chi connectivity index (χ2n) is 5.45. The molecule has 0 spiro atoms. The van der Waals surface area contributed by atoms with Crippen molar-refractivity contribution in [1.29, 1.82) is 0 Å². The summed E-state index contributed by atoms with van der Waals surface area (Å²) in [7, 11) is 0. The zero-order valence-corrected chi connectivity index (χ0v) is 10.7. The van der Waals surface area contributed by atoms with Crippen LogP contribution in [0.4, 0.5) is 0 Å². The molecule has 1 aromatic rings. The number of Topliss-reactive ketones (excluding diaryl/α,β-unsaturated/α-hetero) is 1. The van der Waals surface area contributed by atoms with Gasteiger partial charge in [0.25, 0.3) is 0 Å². The van der Waals surface area contributed by atoms with E-state index < -0.39 is 0 Å². The van der Waals surface area contributed by atoms with Crippen molar-refractivity contribution in [3.05, 3.63) is 59.2 Å². The number of allylic oxidation sites excluding steroid dienone is 4. The van der Waals surface area contributed by atoms with Gasteiger partial charge in [0.05, 0.1) is 0 Å². The average Bonchev–Trinajstić information content (AvgIpc) is 2.69. The van der Waals surface area contributed by atoms with Crippen LogP contribution in [0.15, 0.2) is 48.1 Å². The largest absolute Gasteiger partial charge is 0.299 e. The van der Waals surface area contributed by atoms with Crippen molar-refractivity contribution in [3.8, 4) is 0 Å². The molecule has 92 valence electrons.